The molecule has 8 nitrogen and oxygen atoms in total. The van der Waals surface area contributed by atoms with E-state index in [1.165, 1.54) is 43.5 Å². The van der Waals surface area contributed by atoms with Crippen molar-refractivity contribution in [3.8, 4) is 23.3 Å². The lowest BCUT2D eigenvalue weighted by molar-refractivity contribution is -0.139. The molecule has 220 valence electrons. The summed E-state index contributed by atoms with van der Waals surface area (Å²) in [6, 6.07) is 13.9. The largest absolute Gasteiger partial charge is 0.497 e. The van der Waals surface area contributed by atoms with Crippen LogP contribution in [0.4, 0.5) is 13.2 Å². The van der Waals surface area contributed by atoms with Gasteiger partial charge < -0.3 is 19.1 Å². The number of ether oxygens (including phenoxy) is 2. The van der Waals surface area contributed by atoms with E-state index in [0.29, 0.717) is 33.5 Å². The predicted molar refractivity (Wildman–Crippen MR) is 150 cm³/mol. The molecule has 0 aliphatic heterocycles. The molecular formula is C30H27F3N2O6S. The number of carbonyl (C=O) groups is 1. The Bertz CT molecular complexity index is 1740. The van der Waals surface area contributed by atoms with E-state index < -0.39 is 33.8 Å². The number of nitrogens with zero attached hydrogens (tertiary/aromatic N) is 1. The lowest BCUT2D eigenvalue weighted by Crippen LogP contribution is -2.42. The van der Waals surface area contributed by atoms with Crippen LogP contribution in [-0.2, 0) is 34.0 Å². The molecule has 1 unspecified atom stereocenters. The summed E-state index contributed by atoms with van der Waals surface area (Å²) in [4.78, 5) is 12.1. The average molecular weight is 601 g/mol. The summed E-state index contributed by atoms with van der Waals surface area (Å²) in [6.45, 7) is 2.00. The van der Waals surface area contributed by atoms with Gasteiger partial charge in [-0.2, -0.15) is 17.9 Å². The number of aliphatic carboxylic acids is 1. The minimum Gasteiger partial charge on any atom is -0.497 e. The molecule has 1 aromatic heterocycles. The minimum atomic E-state index is -4.46. The van der Waals surface area contributed by atoms with Gasteiger partial charge in [-0.15, -0.1) is 5.92 Å². The number of halogens is 3. The molecule has 0 amide bonds. The van der Waals surface area contributed by atoms with E-state index in [1.54, 1.807) is 35.9 Å². The van der Waals surface area contributed by atoms with Gasteiger partial charge in [0.05, 0.1) is 17.6 Å². The molecule has 0 saturated heterocycles. The fourth-order valence-electron chi connectivity index (χ4n) is 4.33. The number of sulfonamides is 1. The van der Waals surface area contributed by atoms with Gasteiger partial charge in [-0.3, -0.25) is 4.79 Å². The lowest BCUT2D eigenvalue weighted by Gasteiger charge is -2.15. The van der Waals surface area contributed by atoms with Crippen molar-refractivity contribution in [2.75, 3.05) is 13.7 Å². The second kappa shape index (κ2) is 12.6. The van der Waals surface area contributed by atoms with Crippen molar-refractivity contribution in [3.63, 3.8) is 0 Å². The number of carboxylic acids is 1. The van der Waals surface area contributed by atoms with E-state index >= 15 is 0 Å². The molecule has 3 aromatic carbocycles. The van der Waals surface area contributed by atoms with Crippen molar-refractivity contribution in [1.29, 1.82) is 0 Å². The summed E-state index contributed by atoms with van der Waals surface area (Å²) < 4.78 is 79.9. The first-order chi connectivity index (χ1) is 19.9. The Morgan fingerprint density at radius 1 is 1.05 bits per heavy atom. The van der Waals surface area contributed by atoms with Crippen molar-refractivity contribution in [3.05, 3.63) is 89.6 Å². The van der Waals surface area contributed by atoms with Crippen molar-refractivity contribution in [2.45, 2.75) is 37.0 Å². The van der Waals surface area contributed by atoms with Crippen LogP contribution >= 0.6 is 0 Å². The van der Waals surface area contributed by atoms with Crippen LogP contribution in [0.15, 0.2) is 77.8 Å². The van der Waals surface area contributed by atoms with Gasteiger partial charge in [0.1, 0.15) is 24.1 Å². The zero-order chi connectivity index (χ0) is 30.5. The highest BCUT2D eigenvalue weighted by Crippen LogP contribution is 2.31. The quantitative estimate of drug-likeness (QED) is 0.232. The molecule has 0 saturated carbocycles. The maximum Gasteiger partial charge on any atom is 0.416 e. The van der Waals surface area contributed by atoms with E-state index in [0.717, 1.165) is 12.1 Å². The van der Waals surface area contributed by atoms with Crippen LogP contribution in [-0.4, -0.2) is 43.8 Å². The number of nitrogens with one attached hydrogen (secondary N) is 1. The lowest BCUT2D eigenvalue weighted by atomic mass is 10.1. The second-order valence-corrected chi connectivity index (χ2v) is 11.0. The zero-order valence-corrected chi connectivity index (χ0v) is 23.4. The molecule has 2 N–H and O–H groups in total. The number of alkyl halides is 3. The third-order valence-corrected chi connectivity index (χ3v) is 7.93. The topological polar surface area (TPSA) is 107 Å². The number of benzene rings is 3. The molecule has 4 aromatic rings. The Hall–Kier alpha value is -4.47. The maximum atomic E-state index is 13.1. The molecule has 0 aliphatic rings. The number of methoxy groups -OCH3 is 1. The summed E-state index contributed by atoms with van der Waals surface area (Å²) in [7, 11) is -2.75. The van der Waals surface area contributed by atoms with E-state index in [-0.39, 0.29) is 24.5 Å². The Labute approximate surface area is 240 Å². The normalized spacial score (nSPS) is 12.4. The van der Waals surface area contributed by atoms with Crippen LogP contribution in [0.3, 0.4) is 0 Å². The molecule has 0 bridgehead atoms. The number of aromatic nitrogens is 1. The van der Waals surface area contributed by atoms with Crippen molar-refractivity contribution in [1.82, 2.24) is 9.29 Å². The molecular weight excluding hydrogens is 573 g/mol. The third kappa shape index (κ3) is 7.23. The number of hydrogen-bond donors (Lipinski definition) is 2. The highest BCUT2D eigenvalue weighted by atomic mass is 32.2. The summed E-state index contributed by atoms with van der Waals surface area (Å²) >= 11 is 0. The number of carboxylic acid groups (broad SMARTS) is 1. The van der Waals surface area contributed by atoms with Crippen molar-refractivity contribution >= 4 is 26.9 Å². The van der Waals surface area contributed by atoms with Crippen LogP contribution in [0, 0.1) is 11.8 Å². The summed E-state index contributed by atoms with van der Waals surface area (Å²) in [5.41, 5.74) is 0.998. The summed E-state index contributed by atoms with van der Waals surface area (Å²) in [5, 5.41) is 10.5. The van der Waals surface area contributed by atoms with Gasteiger partial charge in [-0.25, -0.2) is 8.42 Å². The Morgan fingerprint density at radius 2 is 1.71 bits per heavy atom. The van der Waals surface area contributed by atoms with Crippen LogP contribution in [0.1, 0.15) is 23.6 Å². The fraction of sp³-hybridized carbons (Fsp3) is 0.233. The Morgan fingerprint density at radius 3 is 2.31 bits per heavy atom. The number of rotatable bonds is 11. The fourth-order valence-corrected chi connectivity index (χ4v) is 5.52. The van der Waals surface area contributed by atoms with Gasteiger partial charge in [-0.1, -0.05) is 18.1 Å². The maximum absolute atomic E-state index is 13.1. The van der Waals surface area contributed by atoms with Gasteiger partial charge in [0, 0.05) is 30.1 Å². The van der Waals surface area contributed by atoms with Crippen LogP contribution in [0.5, 0.6) is 11.5 Å². The van der Waals surface area contributed by atoms with Gasteiger partial charge in [0.2, 0.25) is 10.0 Å². The van der Waals surface area contributed by atoms with E-state index in [2.05, 4.69) is 16.6 Å². The highest BCUT2D eigenvalue weighted by molar-refractivity contribution is 7.89. The first-order valence-corrected chi connectivity index (χ1v) is 14.1. The Balaban J connectivity index is 1.61. The van der Waals surface area contributed by atoms with Crippen LogP contribution in [0.25, 0.3) is 10.9 Å². The second-order valence-electron chi connectivity index (χ2n) is 9.26. The van der Waals surface area contributed by atoms with Crippen LogP contribution in [0.2, 0.25) is 0 Å². The third-order valence-electron chi connectivity index (χ3n) is 6.45. The number of hydrogen-bond acceptors (Lipinski definition) is 5. The summed E-state index contributed by atoms with van der Waals surface area (Å²) in [6.07, 6.45) is -3.01. The molecule has 4 rings (SSSR count). The monoisotopic (exact) mass is 600 g/mol. The van der Waals surface area contributed by atoms with E-state index in [9.17, 15) is 31.5 Å². The molecule has 0 spiro atoms. The van der Waals surface area contributed by atoms with Gasteiger partial charge >= 0.3 is 12.1 Å². The molecule has 42 heavy (non-hydrogen) atoms. The molecule has 0 fully saturated rings. The van der Waals surface area contributed by atoms with Gasteiger partial charge in [0.25, 0.3) is 0 Å². The summed E-state index contributed by atoms with van der Waals surface area (Å²) in [5.74, 6) is 4.92. The smallest absolute Gasteiger partial charge is 0.416 e. The number of fused-ring (bicyclic) bond motifs is 1. The van der Waals surface area contributed by atoms with Crippen LogP contribution < -0.4 is 14.2 Å². The zero-order valence-electron chi connectivity index (χ0n) is 22.6. The van der Waals surface area contributed by atoms with Gasteiger partial charge in [0.15, 0.2) is 0 Å². The van der Waals surface area contributed by atoms with Crippen molar-refractivity contribution < 1.29 is 41.0 Å². The molecule has 0 aliphatic carbocycles. The average Bonchev–Trinajstić information content (AvgIpc) is 3.28. The minimum absolute atomic E-state index is 0.138. The van der Waals surface area contributed by atoms with E-state index in [4.69, 9.17) is 9.47 Å². The Kier molecular flexibility index (Phi) is 9.14. The van der Waals surface area contributed by atoms with Crippen molar-refractivity contribution in [2.24, 2.45) is 0 Å². The molecule has 1 atom stereocenters. The first-order valence-electron chi connectivity index (χ1n) is 12.6. The molecule has 12 heteroatoms. The molecule has 0 radical (unpaired) electrons. The van der Waals surface area contributed by atoms with E-state index in [1.807, 2.05) is 0 Å². The van der Waals surface area contributed by atoms with Gasteiger partial charge in [-0.05, 0) is 72.6 Å². The SMILES string of the molecule is CC#CCOc1ccc(S(=O)(=O)NC(Cc2cn(Cc3ccc(C(F)(F)F)cc3)c3ccc(OC)cc23)C(=O)O)cc1. The standard InChI is InChI=1S/C30H27F3N2O6S/c1-3-4-15-41-23-9-12-25(13-10-23)42(38,39)34-27(29(36)37)16-21-19-35(28-14-11-24(40-2)17-26(21)28)18-20-5-7-22(8-6-20)30(31,32)33/h5-14,17,19,27,34H,15-16,18H2,1-2H3,(H,36,37). The molecule has 1 heterocycles. The highest BCUT2D eigenvalue weighted by Gasteiger charge is 2.30. The predicted octanol–water partition coefficient (Wildman–Crippen LogP) is 5.09. The first kappa shape index (κ1) is 30.5.